The molecule has 21 heavy (non-hydrogen) atoms. The Morgan fingerprint density at radius 1 is 1.24 bits per heavy atom. The largest absolute Gasteiger partial charge is 0.393 e. The van der Waals surface area contributed by atoms with Crippen molar-refractivity contribution in [3.05, 3.63) is 35.9 Å². The highest BCUT2D eigenvalue weighted by Gasteiger charge is 2.21. The quantitative estimate of drug-likeness (QED) is 0.747. The van der Waals surface area contributed by atoms with E-state index in [9.17, 15) is 9.90 Å². The lowest BCUT2D eigenvalue weighted by atomic mass is 9.92. The van der Waals surface area contributed by atoms with Crippen LogP contribution >= 0.6 is 0 Å². The molecule has 0 bridgehead atoms. The number of hydrogen-bond acceptors (Lipinski definition) is 3. The molecule has 1 aromatic carbocycles. The lowest BCUT2D eigenvalue weighted by Crippen LogP contribution is -2.37. The molecule has 3 N–H and O–H groups in total. The third kappa shape index (κ3) is 5.73. The number of hydrogen-bond donors (Lipinski definition) is 3. The van der Waals surface area contributed by atoms with E-state index in [1.54, 1.807) is 0 Å². The zero-order chi connectivity index (χ0) is 14.9. The third-order valence-electron chi connectivity index (χ3n) is 3.83. The molecule has 0 unspecified atom stereocenters. The van der Waals surface area contributed by atoms with Crippen LogP contribution in [0.15, 0.2) is 30.3 Å². The van der Waals surface area contributed by atoms with Crippen LogP contribution in [0.2, 0.25) is 0 Å². The minimum Gasteiger partial charge on any atom is -0.393 e. The summed E-state index contributed by atoms with van der Waals surface area (Å²) in [6, 6.07) is 9.57. The van der Waals surface area contributed by atoms with Gasteiger partial charge in [-0.05, 0) is 30.7 Å². The Morgan fingerprint density at radius 3 is 2.67 bits per heavy atom. The van der Waals surface area contributed by atoms with Crippen molar-refractivity contribution in [3.8, 4) is 0 Å². The van der Waals surface area contributed by atoms with Gasteiger partial charge in [-0.1, -0.05) is 30.3 Å². The summed E-state index contributed by atoms with van der Waals surface area (Å²) < 4.78 is 5.28. The molecule has 1 heterocycles. The van der Waals surface area contributed by atoms with Crippen molar-refractivity contribution in [2.75, 3.05) is 19.8 Å². The van der Waals surface area contributed by atoms with Gasteiger partial charge in [-0.2, -0.15) is 0 Å². The smallest absolute Gasteiger partial charge is 0.315 e. The summed E-state index contributed by atoms with van der Waals surface area (Å²) in [5.41, 5.74) is 1.06. The highest BCUT2D eigenvalue weighted by Crippen LogP contribution is 2.20. The number of rotatable bonds is 6. The Kier molecular flexibility index (Phi) is 6.50. The van der Waals surface area contributed by atoms with Gasteiger partial charge in [-0.25, -0.2) is 4.79 Å². The predicted molar refractivity (Wildman–Crippen MR) is 80.8 cm³/mol. The summed E-state index contributed by atoms with van der Waals surface area (Å²) in [6.07, 6.45) is 2.04. The number of benzene rings is 1. The van der Waals surface area contributed by atoms with Crippen molar-refractivity contribution in [2.45, 2.75) is 31.9 Å². The lowest BCUT2D eigenvalue weighted by Gasteiger charge is -2.26. The van der Waals surface area contributed by atoms with Crippen molar-refractivity contribution in [3.63, 3.8) is 0 Å². The number of nitrogens with one attached hydrogen (secondary N) is 2. The molecule has 0 saturated carbocycles. The van der Waals surface area contributed by atoms with E-state index >= 15 is 0 Å². The number of ether oxygens (including phenoxy) is 1. The van der Waals surface area contributed by atoms with Gasteiger partial charge >= 0.3 is 6.03 Å². The van der Waals surface area contributed by atoms with Crippen LogP contribution in [0, 0.1) is 5.92 Å². The molecule has 2 rings (SSSR count). The molecule has 1 aromatic rings. The summed E-state index contributed by atoms with van der Waals surface area (Å²) in [4.78, 5) is 11.7. The van der Waals surface area contributed by atoms with Crippen LogP contribution < -0.4 is 10.6 Å². The van der Waals surface area contributed by atoms with Gasteiger partial charge in [0.2, 0.25) is 0 Å². The number of aliphatic hydroxyl groups excluding tert-OH is 1. The average molecular weight is 292 g/mol. The second kappa shape index (κ2) is 8.64. The maximum absolute atomic E-state index is 11.7. The molecule has 1 atom stereocenters. The number of amides is 2. The summed E-state index contributed by atoms with van der Waals surface area (Å²) in [5.74, 6) is 0.299. The number of aliphatic hydroxyl groups is 1. The van der Waals surface area contributed by atoms with Gasteiger partial charge < -0.3 is 20.5 Å². The van der Waals surface area contributed by atoms with E-state index in [2.05, 4.69) is 10.6 Å². The van der Waals surface area contributed by atoms with E-state index in [0.717, 1.165) is 31.6 Å². The Hall–Kier alpha value is -1.59. The fraction of sp³-hybridized carbons (Fsp3) is 0.562. The van der Waals surface area contributed by atoms with E-state index in [4.69, 9.17) is 4.74 Å². The monoisotopic (exact) mass is 292 g/mol. The Bertz CT molecular complexity index is 419. The fourth-order valence-electron chi connectivity index (χ4n) is 2.51. The second-order valence-corrected chi connectivity index (χ2v) is 5.40. The third-order valence-corrected chi connectivity index (χ3v) is 3.83. The number of urea groups is 1. The fourth-order valence-corrected chi connectivity index (χ4v) is 2.51. The molecule has 2 amide bonds. The molecular formula is C16H24N2O3. The predicted octanol–water partition coefficient (Wildman–Crippen LogP) is 1.66. The lowest BCUT2D eigenvalue weighted by molar-refractivity contribution is 0.00545. The van der Waals surface area contributed by atoms with Crippen LogP contribution in [0.1, 0.15) is 24.8 Å². The maximum Gasteiger partial charge on any atom is 0.315 e. The summed E-state index contributed by atoms with van der Waals surface area (Å²) in [7, 11) is 0. The van der Waals surface area contributed by atoms with Gasteiger partial charge in [0.05, 0.1) is 6.10 Å². The van der Waals surface area contributed by atoms with Gasteiger partial charge in [0, 0.05) is 26.3 Å². The van der Waals surface area contributed by atoms with E-state index in [-0.39, 0.29) is 12.1 Å². The Labute approximate surface area is 125 Å². The molecule has 0 aromatic heterocycles. The van der Waals surface area contributed by atoms with Crippen LogP contribution in [0.4, 0.5) is 4.79 Å². The number of carbonyl (C=O) groups is 1. The van der Waals surface area contributed by atoms with Crippen molar-refractivity contribution in [2.24, 2.45) is 5.92 Å². The van der Waals surface area contributed by atoms with E-state index < -0.39 is 0 Å². The minimum absolute atomic E-state index is 0.196. The zero-order valence-electron chi connectivity index (χ0n) is 12.3. The molecule has 1 fully saturated rings. The van der Waals surface area contributed by atoms with Gasteiger partial charge in [0.15, 0.2) is 0 Å². The first-order valence-corrected chi connectivity index (χ1v) is 7.57. The minimum atomic E-state index is -0.358. The molecule has 5 heteroatoms. The summed E-state index contributed by atoms with van der Waals surface area (Å²) in [6.45, 7) is 2.45. The molecule has 1 aliphatic rings. The second-order valence-electron chi connectivity index (χ2n) is 5.40. The van der Waals surface area contributed by atoms with Crippen molar-refractivity contribution in [1.29, 1.82) is 0 Å². The average Bonchev–Trinajstić information content (AvgIpc) is 2.54. The molecule has 0 radical (unpaired) electrons. The molecule has 1 aliphatic heterocycles. The Morgan fingerprint density at radius 2 is 1.95 bits per heavy atom. The van der Waals surface area contributed by atoms with Crippen molar-refractivity contribution >= 4 is 6.03 Å². The summed E-state index contributed by atoms with van der Waals surface area (Å²) >= 11 is 0. The van der Waals surface area contributed by atoms with Crippen molar-refractivity contribution < 1.29 is 14.6 Å². The van der Waals surface area contributed by atoms with Crippen molar-refractivity contribution in [1.82, 2.24) is 10.6 Å². The van der Waals surface area contributed by atoms with Gasteiger partial charge in [-0.15, -0.1) is 0 Å². The standard InChI is InChI=1S/C16H24N2O3/c19-15(14-7-10-21-11-8-14)6-9-17-16(20)18-12-13-4-2-1-3-5-13/h1-5,14-15,19H,6-12H2,(H2,17,18,20)/t15-/m1/s1. The molecular weight excluding hydrogens is 268 g/mol. The first kappa shape index (κ1) is 15.8. The Balaban J connectivity index is 1.58. The number of carbonyl (C=O) groups excluding carboxylic acids is 1. The molecule has 5 nitrogen and oxygen atoms in total. The topological polar surface area (TPSA) is 70.6 Å². The van der Waals surface area contributed by atoms with Crippen LogP contribution in [0.5, 0.6) is 0 Å². The van der Waals surface area contributed by atoms with Gasteiger partial charge in [0.1, 0.15) is 0 Å². The molecule has 1 saturated heterocycles. The van der Waals surface area contributed by atoms with Crippen LogP contribution in [-0.2, 0) is 11.3 Å². The normalized spacial score (nSPS) is 17.2. The van der Waals surface area contributed by atoms with Gasteiger partial charge in [0.25, 0.3) is 0 Å². The first-order valence-electron chi connectivity index (χ1n) is 7.57. The first-order chi connectivity index (χ1) is 10.3. The summed E-state index contributed by atoms with van der Waals surface area (Å²) in [5, 5.41) is 15.6. The van der Waals surface area contributed by atoms with Crippen LogP contribution in [-0.4, -0.2) is 37.0 Å². The molecule has 0 spiro atoms. The highest BCUT2D eigenvalue weighted by atomic mass is 16.5. The molecule has 0 aliphatic carbocycles. The van der Waals surface area contributed by atoms with Gasteiger partial charge in [-0.3, -0.25) is 0 Å². The SMILES string of the molecule is O=C(NCC[C@@H](O)C1CCOCC1)NCc1ccccc1. The maximum atomic E-state index is 11.7. The molecule has 116 valence electrons. The van der Waals surface area contributed by atoms with E-state index in [1.165, 1.54) is 0 Å². The highest BCUT2D eigenvalue weighted by molar-refractivity contribution is 5.73. The van der Waals surface area contributed by atoms with E-state index in [0.29, 0.717) is 25.4 Å². The van der Waals surface area contributed by atoms with E-state index in [1.807, 2.05) is 30.3 Å². The zero-order valence-corrected chi connectivity index (χ0v) is 12.3. The van der Waals surface area contributed by atoms with Crippen LogP contribution in [0.25, 0.3) is 0 Å². The van der Waals surface area contributed by atoms with Crippen LogP contribution in [0.3, 0.4) is 0 Å².